The number of hydrogen-bond donors (Lipinski definition) is 2. The maximum atomic E-state index is 12.0. The molecule has 0 saturated carbocycles. The fraction of sp³-hybridized carbons (Fsp3) is 0.438. The van der Waals surface area contributed by atoms with E-state index in [0.29, 0.717) is 5.75 Å². The van der Waals surface area contributed by atoms with Crippen molar-refractivity contribution in [2.75, 3.05) is 13.7 Å². The molecule has 0 aliphatic heterocycles. The van der Waals surface area contributed by atoms with Gasteiger partial charge in [-0.25, -0.2) is 0 Å². The van der Waals surface area contributed by atoms with Crippen LogP contribution in [0.3, 0.4) is 0 Å². The van der Waals surface area contributed by atoms with Gasteiger partial charge < -0.3 is 15.2 Å². The van der Waals surface area contributed by atoms with Gasteiger partial charge in [-0.05, 0) is 37.0 Å². The minimum absolute atomic E-state index is 0.0243. The number of methoxy groups -OCH3 is 1. The zero-order chi connectivity index (χ0) is 14.4. The quantitative estimate of drug-likeness (QED) is 0.810. The van der Waals surface area contributed by atoms with Crippen molar-refractivity contribution in [3.63, 3.8) is 0 Å². The zero-order valence-corrected chi connectivity index (χ0v) is 11.7. The fourth-order valence-electron chi connectivity index (χ4n) is 2.34. The first-order valence-electron chi connectivity index (χ1n) is 6.95. The van der Waals surface area contributed by atoms with E-state index in [2.05, 4.69) is 11.4 Å². The number of benzene rings is 1. The third-order valence-electron chi connectivity index (χ3n) is 3.59. The molecule has 108 valence electrons. The lowest BCUT2D eigenvalue weighted by Gasteiger charge is -2.19. The van der Waals surface area contributed by atoms with Crippen LogP contribution in [0.4, 0.5) is 0 Å². The van der Waals surface area contributed by atoms with Crippen molar-refractivity contribution in [2.45, 2.75) is 25.4 Å². The summed E-state index contributed by atoms with van der Waals surface area (Å²) in [7, 11) is 1.59. The summed E-state index contributed by atoms with van der Waals surface area (Å²) < 4.78 is 5.12. The van der Waals surface area contributed by atoms with E-state index in [0.717, 1.165) is 24.8 Å². The second-order valence-corrected chi connectivity index (χ2v) is 5.02. The lowest BCUT2D eigenvalue weighted by molar-refractivity contribution is -0.125. The van der Waals surface area contributed by atoms with E-state index in [9.17, 15) is 9.90 Å². The highest BCUT2D eigenvalue weighted by Crippen LogP contribution is 2.20. The van der Waals surface area contributed by atoms with E-state index in [-0.39, 0.29) is 18.4 Å². The molecule has 0 spiro atoms. The minimum Gasteiger partial charge on any atom is -0.497 e. The first kappa shape index (κ1) is 14.6. The Labute approximate surface area is 119 Å². The van der Waals surface area contributed by atoms with Crippen molar-refractivity contribution in [3.8, 4) is 5.75 Å². The third-order valence-corrected chi connectivity index (χ3v) is 3.59. The largest absolute Gasteiger partial charge is 0.497 e. The summed E-state index contributed by atoms with van der Waals surface area (Å²) in [6.07, 6.45) is 6.07. The molecule has 1 aliphatic carbocycles. The van der Waals surface area contributed by atoms with E-state index in [1.165, 1.54) is 0 Å². The van der Waals surface area contributed by atoms with Gasteiger partial charge in [0.15, 0.2) is 0 Å². The highest BCUT2D eigenvalue weighted by atomic mass is 16.5. The Bertz CT molecular complexity index is 484. The Morgan fingerprint density at radius 3 is 3.05 bits per heavy atom. The van der Waals surface area contributed by atoms with Crippen LogP contribution >= 0.6 is 0 Å². The number of amides is 1. The monoisotopic (exact) mass is 275 g/mol. The Morgan fingerprint density at radius 2 is 2.35 bits per heavy atom. The molecule has 0 heterocycles. The van der Waals surface area contributed by atoms with Crippen LogP contribution in [0.2, 0.25) is 0 Å². The SMILES string of the molecule is COc1cccc(C(O)CNC(=O)C2CC=CCC2)c1. The van der Waals surface area contributed by atoms with Crippen LogP contribution < -0.4 is 10.1 Å². The number of hydrogen-bond acceptors (Lipinski definition) is 3. The van der Waals surface area contributed by atoms with E-state index < -0.39 is 6.10 Å². The first-order valence-corrected chi connectivity index (χ1v) is 6.95. The molecule has 2 rings (SSSR count). The molecule has 2 unspecified atom stereocenters. The minimum atomic E-state index is -0.715. The maximum absolute atomic E-state index is 12.0. The Balaban J connectivity index is 1.86. The summed E-state index contributed by atoms with van der Waals surface area (Å²) in [6, 6.07) is 7.25. The molecule has 0 bridgehead atoms. The topological polar surface area (TPSA) is 58.6 Å². The molecule has 1 amide bonds. The van der Waals surface area contributed by atoms with Gasteiger partial charge in [-0.15, -0.1) is 0 Å². The highest BCUT2D eigenvalue weighted by molar-refractivity contribution is 5.79. The smallest absolute Gasteiger partial charge is 0.223 e. The summed E-state index contributed by atoms with van der Waals surface area (Å²) in [6.45, 7) is 0.228. The lowest BCUT2D eigenvalue weighted by atomic mass is 9.93. The molecule has 0 fully saturated rings. The number of allylic oxidation sites excluding steroid dienone is 2. The number of rotatable bonds is 5. The second kappa shape index (κ2) is 7.10. The van der Waals surface area contributed by atoms with Crippen LogP contribution in [-0.2, 0) is 4.79 Å². The number of ether oxygens (including phenoxy) is 1. The first-order chi connectivity index (χ1) is 9.70. The van der Waals surface area contributed by atoms with Gasteiger partial charge in [0.25, 0.3) is 0 Å². The van der Waals surface area contributed by atoms with Gasteiger partial charge in [0.1, 0.15) is 5.75 Å². The van der Waals surface area contributed by atoms with Gasteiger partial charge in [-0.3, -0.25) is 4.79 Å². The van der Waals surface area contributed by atoms with Gasteiger partial charge in [-0.2, -0.15) is 0 Å². The molecule has 1 aliphatic rings. The molecular formula is C16H21NO3. The van der Waals surface area contributed by atoms with Crippen molar-refractivity contribution in [2.24, 2.45) is 5.92 Å². The van der Waals surface area contributed by atoms with Crippen LogP contribution in [0.5, 0.6) is 5.75 Å². The normalized spacial score (nSPS) is 19.4. The predicted octanol–water partition coefficient (Wildman–Crippen LogP) is 2.20. The molecule has 0 saturated heterocycles. The van der Waals surface area contributed by atoms with Gasteiger partial charge in [0.2, 0.25) is 5.91 Å². The molecule has 1 aromatic carbocycles. The third kappa shape index (κ3) is 3.84. The Morgan fingerprint density at radius 1 is 1.50 bits per heavy atom. The van der Waals surface area contributed by atoms with Gasteiger partial charge >= 0.3 is 0 Å². The van der Waals surface area contributed by atoms with E-state index in [1.807, 2.05) is 24.3 Å². The Kier molecular flexibility index (Phi) is 5.18. The van der Waals surface area contributed by atoms with Crippen molar-refractivity contribution in [1.82, 2.24) is 5.32 Å². The average molecular weight is 275 g/mol. The molecule has 2 N–H and O–H groups in total. The number of aliphatic hydroxyl groups excluding tert-OH is 1. The van der Waals surface area contributed by atoms with Gasteiger partial charge in [-0.1, -0.05) is 24.3 Å². The van der Waals surface area contributed by atoms with Crippen LogP contribution in [0.1, 0.15) is 30.9 Å². The lowest BCUT2D eigenvalue weighted by Crippen LogP contribution is -2.34. The predicted molar refractivity (Wildman–Crippen MR) is 77.4 cm³/mol. The fourth-order valence-corrected chi connectivity index (χ4v) is 2.34. The summed E-state index contributed by atoms with van der Waals surface area (Å²) in [4.78, 5) is 12.0. The molecule has 4 nitrogen and oxygen atoms in total. The van der Waals surface area contributed by atoms with Gasteiger partial charge in [0, 0.05) is 12.5 Å². The maximum Gasteiger partial charge on any atom is 0.223 e. The number of nitrogens with one attached hydrogen (secondary N) is 1. The van der Waals surface area contributed by atoms with Crippen LogP contribution in [0.15, 0.2) is 36.4 Å². The molecule has 4 heteroatoms. The van der Waals surface area contributed by atoms with E-state index in [4.69, 9.17) is 4.74 Å². The summed E-state index contributed by atoms with van der Waals surface area (Å²) in [5.41, 5.74) is 0.744. The molecule has 0 radical (unpaired) electrons. The van der Waals surface area contributed by atoms with Crippen LogP contribution in [-0.4, -0.2) is 24.7 Å². The molecule has 1 aromatic rings. The van der Waals surface area contributed by atoms with Crippen molar-refractivity contribution in [1.29, 1.82) is 0 Å². The van der Waals surface area contributed by atoms with Crippen molar-refractivity contribution >= 4 is 5.91 Å². The second-order valence-electron chi connectivity index (χ2n) is 5.02. The Hall–Kier alpha value is -1.81. The van der Waals surface area contributed by atoms with Gasteiger partial charge in [0.05, 0.1) is 13.2 Å². The zero-order valence-electron chi connectivity index (χ0n) is 11.7. The van der Waals surface area contributed by atoms with E-state index in [1.54, 1.807) is 13.2 Å². The van der Waals surface area contributed by atoms with E-state index >= 15 is 0 Å². The standard InChI is InChI=1S/C16H21NO3/c1-20-14-9-5-8-13(10-14)15(18)11-17-16(19)12-6-3-2-4-7-12/h2-3,5,8-10,12,15,18H,4,6-7,11H2,1H3,(H,17,19). The number of carbonyl (C=O) groups excluding carboxylic acids is 1. The number of aliphatic hydroxyl groups is 1. The summed E-state index contributed by atoms with van der Waals surface area (Å²) >= 11 is 0. The van der Waals surface area contributed by atoms with Crippen molar-refractivity contribution in [3.05, 3.63) is 42.0 Å². The van der Waals surface area contributed by atoms with Crippen LogP contribution in [0.25, 0.3) is 0 Å². The summed E-state index contributed by atoms with van der Waals surface area (Å²) in [5, 5.41) is 12.9. The molecule has 0 aromatic heterocycles. The molecule has 2 atom stereocenters. The number of carbonyl (C=O) groups is 1. The van der Waals surface area contributed by atoms with Crippen molar-refractivity contribution < 1.29 is 14.6 Å². The average Bonchev–Trinajstić information content (AvgIpc) is 2.53. The molecule has 20 heavy (non-hydrogen) atoms. The summed E-state index contributed by atoms with van der Waals surface area (Å²) in [5.74, 6) is 0.763. The molecular weight excluding hydrogens is 254 g/mol. The highest BCUT2D eigenvalue weighted by Gasteiger charge is 2.19. The van der Waals surface area contributed by atoms with Crippen LogP contribution in [0, 0.1) is 5.92 Å².